The lowest BCUT2D eigenvalue weighted by atomic mass is 10.4. The summed E-state index contributed by atoms with van der Waals surface area (Å²) in [4.78, 5) is 13.9. The van der Waals surface area contributed by atoms with Crippen molar-refractivity contribution in [2.45, 2.75) is 12.8 Å². The number of imidazole rings is 1. The van der Waals surface area contributed by atoms with Crippen LogP contribution in [-0.4, -0.2) is 22.0 Å². The van der Waals surface area contributed by atoms with E-state index in [1.54, 1.807) is 12.5 Å². The highest BCUT2D eigenvalue weighted by molar-refractivity contribution is 5.77. The van der Waals surface area contributed by atoms with Crippen LogP contribution in [0.3, 0.4) is 0 Å². The average molecular weight is 167 g/mol. The Morgan fingerprint density at radius 1 is 1.67 bits per heavy atom. The summed E-state index contributed by atoms with van der Waals surface area (Å²) >= 11 is 0. The predicted molar refractivity (Wildman–Crippen MR) is 45.5 cm³/mol. The Bertz CT molecular complexity index is 222. The summed E-state index contributed by atoms with van der Waals surface area (Å²) in [7, 11) is 1.94. The number of amides is 1. The number of nitrogens with one attached hydrogen (secondary N) is 1. The molecule has 2 heterocycles. The van der Waals surface area contributed by atoms with E-state index in [9.17, 15) is 4.79 Å². The number of hydrogen-bond acceptors (Lipinski definition) is 2. The summed E-state index contributed by atoms with van der Waals surface area (Å²) in [6.45, 7) is 0.888. The van der Waals surface area contributed by atoms with Gasteiger partial charge in [0.25, 0.3) is 0 Å². The second-order valence-corrected chi connectivity index (χ2v) is 2.68. The van der Waals surface area contributed by atoms with Gasteiger partial charge in [0.05, 0.1) is 6.33 Å². The van der Waals surface area contributed by atoms with Crippen molar-refractivity contribution in [3.05, 3.63) is 18.7 Å². The third kappa shape index (κ3) is 3.18. The Balaban J connectivity index is 0.000000120. The molecular formula is C8H13N3O. The normalized spacial score (nSPS) is 14.9. The second-order valence-electron chi connectivity index (χ2n) is 2.68. The van der Waals surface area contributed by atoms with E-state index in [4.69, 9.17) is 0 Å². The summed E-state index contributed by atoms with van der Waals surface area (Å²) < 4.78 is 1.89. The molecule has 12 heavy (non-hydrogen) atoms. The van der Waals surface area contributed by atoms with Crippen LogP contribution in [0.25, 0.3) is 0 Å². The lowest BCUT2D eigenvalue weighted by molar-refractivity contribution is -0.119. The van der Waals surface area contributed by atoms with Gasteiger partial charge in [-0.3, -0.25) is 4.79 Å². The molecule has 4 nitrogen and oxygen atoms in total. The van der Waals surface area contributed by atoms with Gasteiger partial charge in [0.1, 0.15) is 0 Å². The van der Waals surface area contributed by atoms with E-state index < -0.39 is 0 Å². The van der Waals surface area contributed by atoms with Crippen molar-refractivity contribution in [2.75, 3.05) is 6.54 Å². The maximum Gasteiger partial charge on any atom is 0.220 e. The van der Waals surface area contributed by atoms with Crippen molar-refractivity contribution >= 4 is 5.91 Å². The van der Waals surface area contributed by atoms with Gasteiger partial charge in [-0.25, -0.2) is 4.98 Å². The van der Waals surface area contributed by atoms with Crippen molar-refractivity contribution in [3.8, 4) is 0 Å². The lowest BCUT2D eigenvalue weighted by Gasteiger charge is -1.80. The Morgan fingerprint density at radius 2 is 2.50 bits per heavy atom. The quantitative estimate of drug-likeness (QED) is 0.604. The van der Waals surface area contributed by atoms with Crippen LogP contribution < -0.4 is 5.32 Å². The van der Waals surface area contributed by atoms with Crippen LogP contribution in [0.4, 0.5) is 0 Å². The second kappa shape index (κ2) is 4.54. The number of nitrogens with zero attached hydrogens (tertiary/aromatic N) is 2. The molecule has 1 N–H and O–H groups in total. The van der Waals surface area contributed by atoms with E-state index in [0.29, 0.717) is 0 Å². The third-order valence-electron chi connectivity index (χ3n) is 1.54. The fourth-order valence-electron chi connectivity index (χ4n) is 0.891. The van der Waals surface area contributed by atoms with Gasteiger partial charge in [-0.1, -0.05) is 0 Å². The fraction of sp³-hybridized carbons (Fsp3) is 0.500. The Labute approximate surface area is 71.6 Å². The lowest BCUT2D eigenvalue weighted by Crippen LogP contribution is -2.12. The number of rotatable bonds is 0. The van der Waals surface area contributed by atoms with Crippen molar-refractivity contribution < 1.29 is 4.79 Å². The van der Waals surface area contributed by atoms with Crippen LogP contribution in [0, 0.1) is 0 Å². The van der Waals surface area contributed by atoms with Crippen LogP contribution in [0.1, 0.15) is 12.8 Å². The molecule has 0 atom stereocenters. The largest absolute Gasteiger partial charge is 0.356 e. The maximum absolute atomic E-state index is 10.1. The first-order valence-electron chi connectivity index (χ1n) is 3.97. The van der Waals surface area contributed by atoms with E-state index in [1.165, 1.54) is 0 Å². The molecule has 2 rings (SSSR count). The monoisotopic (exact) mass is 167 g/mol. The van der Waals surface area contributed by atoms with Crippen molar-refractivity contribution in [1.29, 1.82) is 0 Å². The van der Waals surface area contributed by atoms with Crippen molar-refractivity contribution in [3.63, 3.8) is 0 Å². The molecule has 1 aromatic rings. The van der Waals surface area contributed by atoms with Crippen LogP contribution in [0.2, 0.25) is 0 Å². The molecular weight excluding hydrogens is 154 g/mol. The minimum atomic E-state index is 0.204. The number of hydrogen-bond donors (Lipinski definition) is 1. The molecule has 1 saturated heterocycles. The Morgan fingerprint density at radius 3 is 2.67 bits per heavy atom. The smallest absolute Gasteiger partial charge is 0.220 e. The van der Waals surface area contributed by atoms with Crippen LogP contribution in [-0.2, 0) is 11.8 Å². The van der Waals surface area contributed by atoms with E-state index in [2.05, 4.69) is 10.3 Å². The average Bonchev–Trinajstić information content (AvgIpc) is 2.63. The zero-order chi connectivity index (χ0) is 8.81. The number of aromatic nitrogens is 2. The van der Waals surface area contributed by atoms with Gasteiger partial charge in [0, 0.05) is 32.4 Å². The molecule has 0 saturated carbocycles. The molecule has 1 amide bonds. The number of aryl methyl sites for hydroxylation is 1. The minimum absolute atomic E-state index is 0.204. The third-order valence-corrected chi connectivity index (χ3v) is 1.54. The first-order valence-corrected chi connectivity index (χ1v) is 3.97. The standard InChI is InChI=1S/C4H6N2.C4H7NO/c1-6-3-2-5-4-6;6-4-2-1-3-5-4/h2-4H,1H3;1-3H2,(H,5,6). The molecule has 4 heteroatoms. The van der Waals surface area contributed by atoms with Gasteiger partial charge in [-0.05, 0) is 6.42 Å². The van der Waals surface area contributed by atoms with Gasteiger partial charge in [0.15, 0.2) is 0 Å². The summed E-state index contributed by atoms with van der Waals surface area (Å²) in [5.41, 5.74) is 0. The van der Waals surface area contributed by atoms with Gasteiger partial charge < -0.3 is 9.88 Å². The first-order chi connectivity index (χ1) is 5.79. The Kier molecular flexibility index (Phi) is 3.32. The molecule has 1 fully saturated rings. The fourth-order valence-corrected chi connectivity index (χ4v) is 0.891. The van der Waals surface area contributed by atoms with Gasteiger partial charge in [-0.2, -0.15) is 0 Å². The maximum atomic E-state index is 10.1. The van der Waals surface area contributed by atoms with Crippen molar-refractivity contribution in [1.82, 2.24) is 14.9 Å². The summed E-state index contributed by atoms with van der Waals surface area (Å²) in [5, 5.41) is 2.68. The zero-order valence-electron chi connectivity index (χ0n) is 7.16. The zero-order valence-corrected chi connectivity index (χ0v) is 7.16. The van der Waals surface area contributed by atoms with E-state index in [0.717, 1.165) is 19.4 Å². The highest BCUT2D eigenvalue weighted by Gasteiger charge is 2.05. The Hall–Kier alpha value is -1.32. The summed E-state index contributed by atoms with van der Waals surface area (Å²) in [6.07, 6.45) is 7.15. The SMILES string of the molecule is Cn1ccnc1.O=C1CCCN1. The van der Waals surface area contributed by atoms with Crippen LogP contribution in [0.5, 0.6) is 0 Å². The van der Waals surface area contributed by atoms with E-state index >= 15 is 0 Å². The topological polar surface area (TPSA) is 46.9 Å². The van der Waals surface area contributed by atoms with E-state index in [-0.39, 0.29) is 5.91 Å². The van der Waals surface area contributed by atoms with Crippen LogP contribution >= 0.6 is 0 Å². The number of carbonyl (C=O) groups excluding carboxylic acids is 1. The molecule has 0 radical (unpaired) electrons. The van der Waals surface area contributed by atoms with Crippen LogP contribution in [0.15, 0.2) is 18.7 Å². The molecule has 0 aliphatic carbocycles. The molecule has 0 aromatic carbocycles. The summed E-state index contributed by atoms with van der Waals surface area (Å²) in [6, 6.07) is 0. The molecule has 1 aromatic heterocycles. The number of carbonyl (C=O) groups is 1. The van der Waals surface area contributed by atoms with E-state index in [1.807, 2.05) is 17.8 Å². The summed E-state index contributed by atoms with van der Waals surface area (Å²) in [5.74, 6) is 0.204. The minimum Gasteiger partial charge on any atom is -0.356 e. The molecule has 0 spiro atoms. The highest BCUT2D eigenvalue weighted by atomic mass is 16.1. The van der Waals surface area contributed by atoms with Crippen molar-refractivity contribution in [2.24, 2.45) is 7.05 Å². The molecule has 66 valence electrons. The predicted octanol–water partition coefficient (Wildman–Crippen LogP) is 0.316. The van der Waals surface area contributed by atoms with Gasteiger partial charge in [0.2, 0.25) is 5.91 Å². The van der Waals surface area contributed by atoms with Gasteiger partial charge >= 0.3 is 0 Å². The molecule has 0 bridgehead atoms. The highest BCUT2D eigenvalue weighted by Crippen LogP contribution is 1.93. The molecule has 1 aliphatic heterocycles. The van der Waals surface area contributed by atoms with Gasteiger partial charge in [-0.15, -0.1) is 0 Å². The molecule has 1 aliphatic rings. The first kappa shape index (κ1) is 8.77. The molecule has 0 unspecified atom stereocenters.